The number of hydrogen-bond acceptors (Lipinski definition) is 6. The summed E-state index contributed by atoms with van der Waals surface area (Å²) in [4.78, 5) is 47.7. The van der Waals surface area contributed by atoms with E-state index in [4.69, 9.17) is 4.74 Å². The average molecular weight is 543 g/mol. The molecule has 39 heavy (non-hydrogen) atoms. The first-order chi connectivity index (χ1) is 18.6. The summed E-state index contributed by atoms with van der Waals surface area (Å²) in [6.45, 7) is 2.34. The third kappa shape index (κ3) is 5.03. The molecule has 0 aliphatic carbocycles. The minimum Gasteiger partial charge on any atom is -0.426 e. The van der Waals surface area contributed by atoms with E-state index in [1.165, 1.54) is 28.7 Å². The molecule has 0 saturated carbocycles. The maximum absolute atomic E-state index is 13.5. The van der Waals surface area contributed by atoms with Gasteiger partial charge in [0, 0.05) is 44.0 Å². The second kappa shape index (κ2) is 10.0. The molecule has 0 unspecified atom stereocenters. The molecule has 1 N–H and O–H groups in total. The first kappa shape index (κ1) is 26.2. The minimum atomic E-state index is -4.50. The normalized spacial score (nSPS) is 17.6. The van der Waals surface area contributed by atoms with Gasteiger partial charge in [0.1, 0.15) is 12.3 Å². The van der Waals surface area contributed by atoms with E-state index in [1.54, 1.807) is 36.7 Å². The topological polar surface area (TPSA) is 111 Å². The van der Waals surface area contributed by atoms with Crippen LogP contribution in [0.4, 0.5) is 18.0 Å². The van der Waals surface area contributed by atoms with Crippen LogP contribution in [0.25, 0.3) is 16.8 Å². The molecular formula is C26H25F3N6O4. The Bertz CT molecular complexity index is 1580. The number of ether oxygens (including phenoxy) is 1. The number of nitrogens with zero attached hydrogens (tertiary/aromatic N) is 5. The Hall–Kier alpha value is -4.42. The maximum Gasteiger partial charge on any atom is 0.405 e. The van der Waals surface area contributed by atoms with Crippen molar-refractivity contribution in [2.45, 2.75) is 32.4 Å². The zero-order valence-electron chi connectivity index (χ0n) is 21.1. The molecule has 4 heterocycles. The summed E-state index contributed by atoms with van der Waals surface area (Å²) in [5.74, 6) is -1.09. The summed E-state index contributed by atoms with van der Waals surface area (Å²) in [7, 11) is 0. The van der Waals surface area contributed by atoms with Crippen molar-refractivity contribution in [3.05, 3.63) is 60.2 Å². The lowest BCUT2D eigenvalue weighted by atomic mass is 9.91. The number of imidazole rings is 1. The second-order valence-corrected chi connectivity index (χ2v) is 9.38. The van der Waals surface area contributed by atoms with Crippen LogP contribution in [-0.2, 0) is 4.79 Å². The molecule has 1 aliphatic heterocycles. The van der Waals surface area contributed by atoms with E-state index in [1.807, 2.05) is 16.6 Å². The Labute approximate surface area is 220 Å². The van der Waals surface area contributed by atoms with Crippen LogP contribution in [0, 0.1) is 5.92 Å². The summed E-state index contributed by atoms with van der Waals surface area (Å²) < 4.78 is 46.3. The maximum atomic E-state index is 13.5. The number of carbonyl (C=O) groups excluding carboxylic acids is 3. The fourth-order valence-electron chi connectivity index (χ4n) is 5.08. The van der Waals surface area contributed by atoms with Crippen molar-refractivity contribution in [2.75, 3.05) is 19.6 Å². The molecule has 0 spiro atoms. The van der Waals surface area contributed by atoms with Gasteiger partial charge in [0.2, 0.25) is 0 Å². The Morgan fingerprint density at radius 3 is 2.59 bits per heavy atom. The molecule has 1 aromatic carbocycles. The van der Waals surface area contributed by atoms with Crippen LogP contribution in [0.5, 0.6) is 5.75 Å². The van der Waals surface area contributed by atoms with Crippen LogP contribution in [0.3, 0.4) is 0 Å². The van der Waals surface area contributed by atoms with Gasteiger partial charge in [-0.2, -0.15) is 13.2 Å². The number of benzene rings is 1. The highest BCUT2D eigenvalue weighted by Gasteiger charge is 2.38. The molecule has 0 bridgehead atoms. The second-order valence-electron chi connectivity index (χ2n) is 9.38. The molecule has 204 valence electrons. The van der Waals surface area contributed by atoms with E-state index < -0.39 is 30.6 Å². The number of carbonyl (C=O) groups is 3. The lowest BCUT2D eigenvalue weighted by Crippen LogP contribution is -2.42. The predicted molar refractivity (Wildman–Crippen MR) is 134 cm³/mol. The Balaban J connectivity index is 1.50. The van der Waals surface area contributed by atoms with Crippen molar-refractivity contribution < 1.29 is 32.3 Å². The molecule has 1 aliphatic rings. The number of nitrogens with one attached hydrogen (secondary N) is 1. The largest absolute Gasteiger partial charge is 0.426 e. The van der Waals surface area contributed by atoms with Gasteiger partial charge in [-0.3, -0.25) is 18.6 Å². The number of halogens is 3. The Morgan fingerprint density at radius 1 is 1.10 bits per heavy atom. The van der Waals surface area contributed by atoms with Crippen molar-refractivity contribution in [1.29, 1.82) is 0 Å². The zero-order chi connectivity index (χ0) is 27.9. The minimum absolute atomic E-state index is 0.0101. The van der Waals surface area contributed by atoms with Crippen LogP contribution in [0.1, 0.15) is 42.2 Å². The van der Waals surface area contributed by atoms with Crippen LogP contribution in [0.15, 0.2) is 48.9 Å². The van der Waals surface area contributed by atoms with Gasteiger partial charge >= 0.3 is 18.2 Å². The first-order valence-electron chi connectivity index (χ1n) is 12.3. The predicted octanol–water partition coefficient (Wildman–Crippen LogP) is 4.00. The lowest BCUT2D eigenvalue weighted by molar-refractivity contribution is -0.132. The standard InChI is InChI=1S/C26H25F3N6O4/c1-3-16-12-33(25(38)32-14-26(27,28)29)13-18(16)20-10-30-22-11-31-23-19(35(20)22)8-9-34(23)24(37)17-6-4-5-7-21(17)39-15(2)36/h4-11,16,18H,3,12-14H2,1-2H3,(H,32,38)/t16-,18+/m1/s1. The molecular weight excluding hydrogens is 517 g/mol. The summed E-state index contributed by atoms with van der Waals surface area (Å²) in [6, 6.07) is 7.35. The number of amides is 2. The number of rotatable bonds is 5. The smallest absolute Gasteiger partial charge is 0.405 e. The summed E-state index contributed by atoms with van der Waals surface area (Å²) >= 11 is 0. The van der Waals surface area contributed by atoms with Gasteiger partial charge in [-0.05, 0) is 24.1 Å². The average Bonchev–Trinajstić information content (AvgIpc) is 3.62. The number of aromatic nitrogens is 4. The fraction of sp³-hybridized carbons (Fsp3) is 0.346. The van der Waals surface area contributed by atoms with E-state index >= 15 is 0 Å². The summed E-state index contributed by atoms with van der Waals surface area (Å²) in [5.41, 5.74) is 2.40. The summed E-state index contributed by atoms with van der Waals surface area (Å²) in [6.07, 6.45) is 0.966. The van der Waals surface area contributed by atoms with Crippen LogP contribution in [-0.4, -0.2) is 67.6 Å². The third-order valence-corrected chi connectivity index (χ3v) is 6.86. The molecule has 4 aromatic rings. The third-order valence-electron chi connectivity index (χ3n) is 6.86. The van der Waals surface area contributed by atoms with Gasteiger partial charge in [0.25, 0.3) is 5.91 Å². The number of urea groups is 1. The van der Waals surface area contributed by atoms with Crippen molar-refractivity contribution in [3.63, 3.8) is 0 Å². The van der Waals surface area contributed by atoms with Crippen molar-refractivity contribution in [3.8, 4) is 5.75 Å². The van der Waals surface area contributed by atoms with Gasteiger partial charge in [0.05, 0.1) is 17.3 Å². The molecule has 10 nitrogen and oxygen atoms in total. The summed E-state index contributed by atoms with van der Waals surface area (Å²) in [5, 5.41) is 1.95. The van der Waals surface area contributed by atoms with E-state index in [2.05, 4.69) is 9.97 Å². The molecule has 2 atom stereocenters. The highest BCUT2D eigenvalue weighted by atomic mass is 19.4. The molecule has 2 amide bonds. The van der Waals surface area contributed by atoms with Crippen molar-refractivity contribution in [2.24, 2.45) is 5.92 Å². The number of hydrogen-bond donors (Lipinski definition) is 1. The number of para-hydroxylation sites is 1. The molecule has 13 heteroatoms. The first-order valence-corrected chi connectivity index (χ1v) is 12.3. The van der Waals surface area contributed by atoms with Crippen molar-refractivity contribution >= 4 is 34.7 Å². The molecule has 1 fully saturated rings. The van der Waals surface area contributed by atoms with Gasteiger partial charge in [-0.1, -0.05) is 25.5 Å². The van der Waals surface area contributed by atoms with E-state index in [0.29, 0.717) is 29.8 Å². The molecule has 0 radical (unpaired) electrons. The van der Waals surface area contributed by atoms with E-state index in [0.717, 1.165) is 5.69 Å². The highest BCUT2D eigenvalue weighted by molar-refractivity contribution is 6.03. The monoisotopic (exact) mass is 542 g/mol. The van der Waals surface area contributed by atoms with Gasteiger partial charge in [-0.25, -0.2) is 14.8 Å². The quantitative estimate of drug-likeness (QED) is 0.302. The number of fused-ring (bicyclic) bond motifs is 3. The van der Waals surface area contributed by atoms with Crippen LogP contribution < -0.4 is 10.1 Å². The molecule has 5 rings (SSSR count). The van der Waals surface area contributed by atoms with Gasteiger partial charge < -0.3 is 15.0 Å². The van der Waals surface area contributed by atoms with Gasteiger partial charge in [0.15, 0.2) is 11.3 Å². The highest BCUT2D eigenvalue weighted by Crippen LogP contribution is 2.36. The SMILES string of the molecule is CC[C@@H]1CN(C(=O)NCC(F)(F)F)C[C@@H]1c1cnc2cnc3c(ccn3C(=O)c3ccccc3OC(C)=O)n12. The van der Waals surface area contributed by atoms with E-state index in [-0.39, 0.29) is 29.7 Å². The van der Waals surface area contributed by atoms with Crippen LogP contribution in [0.2, 0.25) is 0 Å². The number of alkyl halides is 3. The molecule has 3 aromatic heterocycles. The Kier molecular flexibility index (Phi) is 6.74. The lowest BCUT2D eigenvalue weighted by Gasteiger charge is -2.18. The number of esters is 1. The van der Waals surface area contributed by atoms with Crippen LogP contribution >= 0.6 is 0 Å². The Morgan fingerprint density at radius 2 is 1.87 bits per heavy atom. The zero-order valence-corrected chi connectivity index (χ0v) is 21.1. The van der Waals surface area contributed by atoms with Gasteiger partial charge in [-0.15, -0.1) is 0 Å². The van der Waals surface area contributed by atoms with Crippen molar-refractivity contribution in [1.82, 2.24) is 29.2 Å². The molecule has 1 saturated heterocycles. The van der Waals surface area contributed by atoms with E-state index in [9.17, 15) is 27.6 Å². The fourth-order valence-corrected chi connectivity index (χ4v) is 5.08. The number of likely N-dealkylation sites (tertiary alicyclic amines) is 1.